The Morgan fingerprint density at radius 3 is 2.45 bits per heavy atom. The van der Waals surface area contributed by atoms with Gasteiger partial charge in [-0.2, -0.15) is 0 Å². The van der Waals surface area contributed by atoms with Gasteiger partial charge in [-0.25, -0.2) is 4.79 Å². The number of methoxy groups -OCH3 is 1. The van der Waals surface area contributed by atoms with Crippen LogP contribution in [0.4, 0.5) is 0 Å². The molecule has 1 rings (SSSR count). The summed E-state index contributed by atoms with van der Waals surface area (Å²) in [6.45, 7) is 6.05. The van der Waals surface area contributed by atoms with Gasteiger partial charge >= 0.3 is 5.97 Å². The summed E-state index contributed by atoms with van der Waals surface area (Å²) in [6, 6.07) is 3.48. The Balaban J connectivity index is 3.14. The number of hydrogen-bond donors (Lipinski definition) is 1. The SMILES string of the molecule is CCOc1cc(C)c(/C(O)=C/C(=O)C(=O)OC)cc1C. The molecular formula is C15H18O5. The Kier molecular flexibility index (Phi) is 5.32. The van der Waals surface area contributed by atoms with E-state index in [1.54, 1.807) is 19.1 Å². The molecule has 0 aliphatic carbocycles. The summed E-state index contributed by atoms with van der Waals surface area (Å²) in [5.74, 6) is -1.47. The van der Waals surface area contributed by atoms with Crippen LogP contribution in [0.15, 0.2) is 18.2 Å². The minimum Gasteiger partial charge on any atom is -0.507 e. The van der Waals surface area contributed by atoms with Crippen LogP contribution in [0.3, 0.4) is 0 Å². The Labute approximate surface area is 117 Å². The van der Waals surface area contributed by atoms with Gasteiger partial charge in [-0.05, 0) is 44.0 Å². The molecule has 1 aromatic rings. The van der Waals surface area contributed by atoms with E-state index in [1.807, 2.05) is 13.8 Å². The highest BCUT2D eigenvalue weighted by molar-refractivity contribution is 6.39. The average molecular weight is 278 g/mol. The number of aryl methyl sites for hydroxylation is 2. The van der Waals surface area contributed by atoms with Gasteiger partial charge in [0.05, 0.1) is 13.7 Å². The molecule has 1 N–H and O–H groups in total. The number of benzene rings is 1. The van der Waals surface area contributed by atoms with Gasteiger partial charge in [-0.15, -0.1) is 0 Å². The van der Waals surface area contributed by atoms with E-state index in [4.69, 9.17) is 4.74 Å². The number of aliphatic hydroxyl groups is 1. The van der Waals surface area contributed by atoms with E-state index in [9.17, 15) is 14.7 Å². The van der Waals surface area contributed by atoms with Crippen molar-refractivity contribution < 1.29 is 24.2 Å². The summed E-state index contributed by atoms with van der Waals surface area (Å²) in [4.78, 5) is 22.4. The Hall–Kier alpha value is -2.30. The number of carbonyl (C=O) groups is 2. The summed E-state index contributed by atoms with van der Waals surface area (Å²) >= 11 is 0. The number of aliphatic hydroxyl groups excluding tert-OH is 1. The van der Waals surface area contributed by atoms with Crippen LogP contribution in [0, 0.1) is 13.8 Å². The van der Waals surface area contributed by atoms with Crippen LogP contribution in [0.5, 0.6) is 5.75 Å². The predicted molar refractivity (Wildman–Crippen MR) is 74.7 cm³/mol. The Morgan fingerprint density at radius 1 is 1.25 bits per heavy atom. The van der Waals surface area contributed by atoms with Crippen LogP contribution in [-0.2, 0) is 14.3 Å². The molecule has 0 saturated carbocycles. The molecule has 0 atom stereocenters. The van der Waals surface area contributed by atoms with Gasteiger partial charge in [-0.1, -0.05) is 0 Å². The molecule has 20 heavy (non-hydrogen) atoms. The van der Waals surface area contributed by atoms with Crippen molar-refractivity contribution >= 4 is 17.5 Å². The zero-order valence-corrected chi connectivity index (χ0v) is 12.0. The van der Waals surface area contributed by atoms with Crippen molar-refractivity contribution in [1.29, 1.82) is 0 Å². The maximum absolute atomic E-state index is 11.4. The molecule has 0 aliphatic heterocycles. The fraction of sp³-hybridized carbons (Fsp3) is 0.333. The molecule has 0 bridgehead atoms. The third kappa shape index (κ3) is 3.60. The lowest BCUT2D eigenvalue weighted by Crippen LogP contribution is -2.13. The maximum atomic E-state index is 11.4. The van der Waals surface area contributed by atoms with Crippen molar-refractivity contribution in [2.24, 2.45) is 0 Å². The molecule has 0 amide bonds. The zero-order chi connectivity index (χ0) is 15.3. The van der Waals surface area contributed by atoms with Crippen molar-refractivity contribution in [2.75, 3.05) is 13.7 Å². The second kappa shape index (κ2) is 6.75. The first kappa shape index (κ1) is 15.8. The van der Waals surface area contributed by atoms with Gasteiger partial charge in [0.15, 0.2) is 0 Å². The fourth-order valence-corrected chi connectivity index (χ4v) is 1.74. The molecule has 0 heterocycles. The normalized spacial score (nSPS) is 11.1. The fourth-order valence-electron chi connectivity index (χ4n) is 1.74. The van der Waals surface area contributed by atoms with Gasteiger partial charge in [0.25, 0.3) is 5.78 Å². The number of hydrogen-bond acceptors (Lipinski definition) is 5. The smallest absolute Gasteiger partial charge is 0.378 e. The molecule has 0 radical (unpaired) electrons. The van der Waals surface area contributed by atoms with Crippen LogP contribution in [0.2, 0.25) is 0 Å². The summed E-state index contributed by atoms with van der Waals surface area (Å²) in [5, 5.41) is 9.95. The molecule has 0 aliphatic rings. The summed E-state index contributed by atoms with van der Waals surface area (Å²) in [7, 11) is 1.11. The van der Waals surface area contributed by atoms with Crippen molar-refractivity contribution in [3.63, 3.8) is 0 Å². The number of esters is 1. The summed E-state index contributed by atoms with van der Waals surface area (Å²) in [5.41, 5.74) is 2.05. The maximum Gasteiger partial charge on any atom is 0.378 e. The van der Waals surface area contributed by atoms with Crippen LogP contribution < -0.4 is 4.74 Å². The molecule has 0 unspecified atom stereocenters. The van der Waals surface area contributed by atoms with E-state index >= 15 is 0 Å². The molecule has 1 aromatic carbocycles. The molecule has 5 nitrogen and oxygen atoms in total. The number of carbonyl (C=O) groups excluding carboxylic acids is 2. The van der Waals surface area contributed by atoms with Crippen molar-refractivity contribution in [1.82, 2.24) is 0 Å². The lowest BCUT2D eigenvalue weighted by atomic mass is 10.0. The molecule has 0 aromatic heterocycles. The Bertz CT molecular complexity index is 558. The van der Waals surface area contributed by atoms with Gasteiger partial charge in [0.1, 0.15) is 11.5 Å². The standard InChI is InChI=1S/C15H18O5/c1-5-20-14-7-9(2)11(6-10(14)3)12(16)8-13(17)15(18)19-4/h6-8,16H,5H2,1-4H3/b12-8-. The van der Waals surface area contributed by atoms with E-state index in [-0.39, 0.29) is 5.76 Å². The van der Waals surface area contributed by atoms with Crippen molar-refractivity contribution in [3.05, 3.63) is 34.9 Å². The summed E-state index contributed by atoms with van der Waals surface area (Å²) < 4.78 is 9.74. The van der Waals surface area contributed by atoms with E-state index in [1.165, 1.54) is 0 Å². The molecule has 108 valence electrons. The van der Waals surface area contributed by atoms with E-state index in [0.29, 0.717) is 12.2 Å². The highest BCUT2D eigenvalue weighted by atomic mass is 16.5. The minimum atomic E-state index is -1.02. The average Bonchev–Trinajstić information content (AvgIpc) is 2.41. The molecular weight excluding hydrogens is 260 g/mol. The number of rotatable bonds is 5. The highest BCUT2D eigenvalue weighted by Gasteiger charge is 2.15. The van der Waals surface area contributed by atoms with E-state index in [0.717, 1.165) is 30.1 Å². The second-order valence-corrected chi connectivity index (χ2v) is 4.25. The zero-order valence-electron chi connectivity index (χ0n) is 12.0. The molecule has 0 fully saturated rings. The predicted octanol–water partition coefficient (Wildman–Crippen LogP) is 2.34. The first-order valence-corrected chi connectivity index (χ1v) is 6.18. The lowest BCUT2D eigenvalue weighted by molar-refractivity contribution is -0.149. The molecule has 5 heteroatoms. The first-order valence-electron chi connectivity index (χ1n) is 6.18. The third-order valence-electron chi connectivity index (χ3n) is 2.75. The summed E-state index contributed by atoms with van der Waals surface area (Å²) in [6.07, 6.45) is 0.855. The Morgan fingerprint density at radius 2 is 1.90 bits per heavy atom. The second-order valence-electron chi connectivity index (χ2n) is 4.25. The van der Waals surface area contributed by atoms with Gasteiger partial charge in [0.2, 0.25) is 0 Å². The van der Waals surface area contributed by atoms with Crippen LogP contribution in [0.1, 0.15) is 23.6 Å². The minimum absolute atomic E-state index is 0.274. The van der Waals surface area contributed by atoms with Crippen molar-refractivity contribution in [2.45, 2.75) is 20.8 Å². The van der Waals surface area contributed by atoms with Gasteiger partial charge in [-0.3, -0.25) is 4.79 Å². The van der Waals surface area contributed by atoms with E-state index in [2.05, 4.69) is 4.74 Å². The van der Waals surface area contributed by atoms with Gasteiger partial charge in [0, 0.05) is 11.6 Å². The topological polar surface area (TPSA) is 72.8 Å². The number of ether oxygens (including phenoxy) is 2. The molecule has 0 spiro atoms. The van der Waals surface area contributed by atoms with Crippen LogP contribution >= 0.6 is 0 Å². The first-order chi connectivity index (χ1) is 9.40. The molecule has 0 saturated heterocycles. The highest BCUT2D eigenvalue weighted by Crippen LogP contribution is 2.26. The van der Waals surface area contributed by atoms with Gasteiger partial charge < -0.3 is 14.6 Å². The largest absolute Gasteiger partial charge is 0.507 e. The van der Waals surface area contributed by atoms with Crippen LogP contribution in [0.25, 0.3) is 5.76 Å². The van der Waals surface area contributed by atoms with Crippen LogP contribution in [-0.4, -0.2) is 30.6 Å². The third-order valence-corrected chi connectivity index (χ3v) is 2.75. The number of ketones is 1. The van der Waals surface area contributed by atoms with E-state index < -0.39 is 11.8 Å². The van der Waals surface area contributed by atoms with Crippen molar-refractivity contribution in [3.8, 4) is 5.75 Å². The lowest BCUT2D eigenvalue weighted by Gasteiger charge is -2.12. The quantitative estimate of drug-likeness (QED) is 0.387. The monoisotopic (exact) mass is 278 g/mol.